The Hall–Kier alpha value is -2.95. The van der Waals surface area contributed by atoms with E-state index in [4.69, 9.17) is 9.97 Å². The Morgan fingerprint density at radius 1 is 0.732 bits per heavy atom. The molecule has 0 N–H and O–H groups in total. The molecule has 0 amide bonds. The first-order chi connectivity index (χ1) is 18.7. The van der Waals surface area contributed by atoms with E-state index < -0.39 is 8.24 Å². The number of fused-ring (bicyclic) bond motifs is 1. The molecule has 0 spiro atoms. The average Bonchev–Trinajstić information content (AvgIpc) is 2.93. The summed E-state index contributed by atoms with van der Waals surface area (Å²) in [7, 11) is -2.21. The van der Waals surface area contributed by atoms with Crippen molar-refractivity contribution < 1.29 is 25.8 Å². The number of hydrogen-bond donors (Lipinski definition) is 0. The Kier molecular flexibility index (Phi) is 12.8. The number of nitrogens with zero attached hydrogens (tertiary/aromatic N) is 2. The van der Waals surface area contributed by atoms with E-state index in [-0.39, 0.29) is 33.3 Å². The molecule has 2 nitrogen and oxygen atoms in total. The van der Waals surface area contributed by atoms with Crippen LogP contribution < -0.4 is 5.32 Å². The Balaban J connectivity index is 0.000000573. The third kappa shape index (κ3) is 8.53. The first kappa shape index (κ1) is 34.2. The molecule has 41 heavy (non-hydrogen) atoms. The standard InChI is InChI=1S/C29H32N2Si.C7H7.CH3.Hf/c1-20(2)23-15-10-16-24(21(3)4)29(23)31-32(5,6)28-19-11-18-27(30-28)26-17-9-13-22-12-7-8-14-25(22)26;1-7-5-3-2-4-6-7;;/h7-16,18-21H,1-6H3;2-6H,1H2;1H3;/q-2;2*-1;+4. The molecule has 0 fully saturated rings. The number of rotatable bonds is 6. The van der Waals surface area contributed by atoms with Gasteiger partial charge in [-0.2, -0.15) is 24.6 Å². The van der Waals surface area contributed by atoms with Crippen molar-refractivity contribution in [2.45, 2.75) is 52.6 Å². The van der Waals surface area contributed by atoms with Gasteiger partial charge in [0, 0.05) is 8.24 Å². The average molecular weight is 721 g/mol. The van der Waals surface area contributed by atoms with Gasteiger partial charge in [-0.1, -0.05) is 118 Å². The molecule has 208 valence electrons. The van der Waals surface area contributed by atoms with E-state index in [1.165, 1.54) is 27.6 Å². The SMILES string of the molecule is CC(C)c1cccc(C(C)C)c1[N-][Si](C)(C)c1cccc(-c2[c-]ccc3ccccc23)n1.[CH2-]c1ccccc1.[CH3-].[Hf+4]. The minimum absolute atomic E-state index is 0. The summed E-state index contributed by atoms with van der Waals surface area (Å²) < 4.78 is 0. The molecule has 0 aliphatic carbocycles. The van der Waals surface area contributed by atoms with Gasteiger partial charge in [0.2, 0.25) is 0 Å². The van der Waals surface area contributed by atoms with Crippen LogP contribution in [0.2, 0.25) is 13.1 Å². The van der Waals surface area contributed by atoms with Crippen LogP contribution >= 0.6 is 0 Å². The van der Waals surface area contributed by atoms with Gasteiger partial charge in [0.1, 0.15) is 0 Å². The summed E-state index contributed by atoms with van der Waals surface area (Å²) in [6.07, 6.45) is 0. The Labute approximate surface area is 268 Å². The van der Waals surface area contributed by atoms with Crippen molar-refractivity contribution in [1.29, 1.82) is 0 Å². The molecule has 0 saturated carbocycles. The van der Waals surface area contributed by atoms with Crippen LogP contribution in [0.5, 0.6) is 0 Å². The number of pyridine rings is 1. The Morgan fingerprint density at radius 3 is 1.90 bits per heavy atom. The molecule has 0 atom stereocenters. The number of aromatic nitrogens is 1. The van der Waals surface area contributed by atoms with Gasteiger partial charge < -0.3 is 17.4 Å². The second-order valence-electron chi connectivity index (χ2n) is 11.1. The van der Waals surface area contributed by atoms with Crippen LogP contribution in [0.15, 0.2) is 103 Å². The Morgan fingerprint density at radius 2 is 1.32 bits per heavy atom. The van der Waals surface area contributed by atoms with E-state index in [1.807, 2.05) is 36.4 Å². The summed E-state index contributed by atoms with van der Waals surface area (Å²) in [4.78, 5) is 10.6. The van der Waals surface area contributed by atoms with Crippen molar-refractivity contribution in [1.82, 2.24) is 4.98 Å². The maximum atomic E-state index is 5.47. The summed E-state index contributed by atoms with van der Waals surface area (Å²) in [6, 6.07) is 38.8. The van der Waals surface area contributed by atoms with Crippen molar-refractivity contribution in [3.63, 3.8) is 0 Å². The second kappa shape index (κ2) is 15.3. The quantitative estimate of drug-likeness (QED) is 0.127. The van der Waals surface area contributed by atoms with Gasteiger partial charge in [-0.25, -0.2) is 0 Å². The number of hydrogen-bond acceptors (Lipinski definition) is 1. The fourth-order valence-electron chi connectivity index (χ4n) is 4.74. The van der Waals surface area contributed by atoms with Crippen LogP contribution in [0.3, 0.4) is 0 Å². The molecule has 4 heteroatoms. The van der Waals surface area contributed by atoms with Crippen molar-refractivity contribution >= 4 is 30.0 Å². The predicted octanol–water partition coefficient (Wildman–Crippen LogP) is 10.4. The van der Waals surface area contributed by atoms with E-state index in [2.05, 4.69) is 121 Å². The van der Waals surface area contributed by atoms with Crippen LogP contribution in [0.4, 0.5) is 5.69 Å². The summed E-state index contributed by atoms with van der Waals surface area (Å²) in [5.74, 6) is 0.864. The van der Waals surface area contributed by atoms with Crippen molar-refractivity contribution in [3.05, 3.63) is 145 Å². The van der Waals surface area contributed by atoms with Crippen LogP contribution in [-0.4, -0.2) is 13.2 Å². The Bertz CT molecular complexity index is 1500. The van der Waals surface area contributed by atoms with E-state index in [0.29, 0.717) is 11.8 Å². The number of benzene rings is 4. The van der Waals surface area contributed by atoms with E-state index in [0.717, 1.165) is 22.1 Å². The monoisotopic (exact) mass is 722 g/mol. The van der Waals surface area contributed by atoms with Crippen LogP contribution in [0.1, 0.15) is 56.2 Å². The van der Waals surface area contributed by atoms with Gasteiger partial charge in [-0.15, -0.1) is 47.0 Å². The molecule has 4 aromatic carbocycles. The minimum atomic E-state index is -2.21. The summed E-state index contributed by atoms with van der Waals surface area (Å²) in [5, 5.41) is 3.50. The van der Waals surface area contributed by atoms with Gasteiger partial charge in [-0.3, -0.25) is 0 Å². The summed E-state index contributed by atoms with van der Waals surface area (Å²) >= 11 is 0. The van der Waals surface area contributed by atoms with E-state index in [1.54, 1.807) is 0 Å². The zero-order chi connectivity index (χ0) is 28.0. The maximum Gasteiger partial charge on any atom is 4.00 e. The first-order valence-electron chi connectivity index (χ1n) is 13.8. The molecular formula is C37H42HfN2Si. The predicted molar refractivity (Wildman–Crippen MR) is 178 cm³/mol. The van der Waals surface area contributed by atoms with Gasteiger partial charge in [-0.05, 0) is 28.9 Å². The topological polar surface area (TPSA) is 27.0 Å². The second-order valence-corrected chi connectivity index (χ2v) is 15.0. The largest absolute Gasteiger partial charge is 4.00 e. The van der Waals surface area contributed by atoms with Gasteiger partial charge in [0.05, 0.1) is 0 Å². The molecule has 1 aromatic heterocycles. The zero-order valence-electron chi connectivity index (χ0n) is 25.6. The summed E-state index contributed by atoms with van der Waals surface area (Å²) in [6.45, 7) is 17.3. The molecule has 0 radical (unpaired) electrons. The zero-order valence-corrected chi connectivity index (χ0v) is 30.2. The fourth-order valence-corrected chi connectivity index (χ4v) is 6.57. The third-order valence-electron chi connectivity index (χ3n) is 6.93. The molecule has 0 saturated heterocycles. The smallest absolute Gasteiger partial charge is 0.682 e. The van der Waals surface area contributed by atoms with Crippen molar-refractivity contribution in [2.75, 3.05) is 0 Å². The van der Waals surface area contributed by atoms with Crippen molar-refractivity contribution in [2.24, 2.45) is 0 Å². The maximum absolute atomic E-state index is 5.47. The van der Waals surface area contributed by atoms with Crippen LogP contribution in [0.25, 0.3) is 27.0 Å². The first-order valence-corrected chi connectivity index (χ1v) is 16.7. The molecule has 0 aliphatic heterocycles. The minimum Gasteiger partial charge on any atom is -0.682 e. The molecule has 0 aliphatic rings. The summed E-state index contributed by atoms with van der Waals surface area (Å²) in [5.41, 5.74) is 6.93. The van der Waals surface area contributed by atoms with Crippen molar-refractivity contribution in [3.8, 4) is 11.3 Å². The molecule has 5 rings (SSSR count). The van der Waals surface area contributed by atoms with Crippen LogP contribution in [0, 0.1) is 20.4 Å². The molecule has 1 heterocycles. The van der Waals surface area contributed by atoms with E-state index >= 15 is 0 Å². The van der Waals surface area contributed by atoms with Gasteiger partial charge in [0.25, 0.3) is 0 Å². The molecule has 0 bridgehead atoms. The molecular weight excluding hydrogens is 679 g/mol. The van der Waals surface area contributed by atoms with E-state index in [9.17, 15) is 0 Å². The molecule has 5 aromatic rings. The normalized spacial score (nSPS) is 10.8. The van der Waals surface area contributed by atoms with Crippen LogP contribution in [-0.2, 0) is 25.8 Å². The van der Waals surface area contributed by atoms with Gasteiger partial charge >= 0.3 is 25.8 Å². The fraction of sp³-hybridized carbons (Fsp3) is 0.216. The third-order valence-corrected chi connectivity index (χ3v) is 9.24. The molecule has 0 unspecified atom stereocenters. The van der Waals surface area contributed by atoms with Gasteiger partial charge in [0.15, 0.2) is 0 Å².